The molecule has 4 nitrogen and oxygen atoms in total. The van der Waals surface area contributed by atoms with Gasteiger partial charge in [0.05, 0.1) is 18.2 Å². The van der Waals surface area contributed by atoms with Crippen molar-refractivity contribution < 1.29 is 4.79 Å². The average Bonchev–Trinajstić information content (AvgIpc) is 2.94. The first-order valence-electron chi connectivity index (χ1n) is 4.70. The van der Waals surface area contributed by atoms with Crippen molar-refractivity contribution in [3.05, 3.63) is 30.1 Å². The zero-order valence-corrected chi connectivity index (χ0v) is 7.81. The predicted octanol–water partition coefficient (Wildman–Crippen LogP) is 0.0450. The van der Waals surface area contributed by atoms with E-state index in [4.69, 9.17) is 5.73 Å². The molecule has 2 rings (SSSR count). The monoisotopic (exact) mass is 191 g/mol. The maximum Gasteiger partial charge on any atom is 0.225 e. The highest BCUT2D eigenvalue weighted by atomic mass is 16.2. The molecule has 0 spiro atoms. The summed E-state index contributed by atoms with van der Waals surface area (Å²) in [4.78, 5) is 15.5. The molecule has 0 aliphatic heterocycles. The molecular formula is C10H13N3O. The van der Waals surface area contributed by atoms with Crippen LogP contribution in [0, 0.1) is 5.92 Å². The third-order valence-corrected chi connectivity index (χ3v) is 2.35. The Hall–Kier alpha value is -1.42. The molecule has 1 aromatic heterocycles. The number of hydrogen-bond acceptors (Lipinski definition) is 3. The molecule has 1 fully saturated rings. The van der Waals surface area contributed by atoms with Crippen LogP contribution >= 0.6 is 0 Å². The molecule has 1 aromatic rings. The maximum atomic E-state index is 11.4. The Morgan fingerprint density at radius 3 is 3.00 bits per heavy atom. The van der Waals surface area contributed by atoms with Gasteiger partial charge in [-0.15, -0.1) is 0 Å². The molecule has 1 heterocycles. The van der Waals surface area contributed by atoms with Crippen molar-refractivity contribution in [3.8, 4) is 0 Å². The van der Waals surface area contributed by atoms with Gasteiger partial charge >= 0.3 is 0 Å². The van der Waals surface area contributed by atoms with Crippen LogP contribution in [0.2, 0.25) is 0 Å². The van der Waals surface area contributed by atoms with Crippen molar-refractivity contribution in [1.29, 1.82) is 0 Å². The molecule has 0 radical (unpaired) electrons. The fraction of sp³-hybridized carbons (Fsp3) is 0.400. The Morgan fingerprint density at radius 2 is 2.43 bits per heavy atom. The van der Waals surface area contributed by atoms with Crippen LogP contribution in [-0.4, -0.2) is 16.9 Å². The van der Waals surface area contributed by atoms with Crippen molar-refractivity contribution in [1.82, 2.24) is 10.3 Å². The van der Waals surface area contributed by atoms with Crippen LogP contribution in [0.5, 0.6) is 0 Å². The lowest BCUT2D eigenvalue weighted by atomic mass is 10.3. The molecule has 1 aliphatic rings. The van der Waals surface area contributed by atoms with Gasteiger partial charge in [-0.05, 0) is 18.6 Å². The number of hydrogen-bond donors (Lipinski definition) is 2. The number of carbonyl (C=O) groups is 1. The second kappa shape index (κ2) is 3.75. The standard InChI is InChI=1S/C10H13N3O/c11-9-5-8(9)10(14)13-6-7-3-1-2-4-12-7/h1-4,8-9H,5-6,11H2,(H,13,14). The second-order valence-electron chi connectivity index (χ2n) is 3.54. The first kappa shape index (κ1) is 9.15. The smallest absolute Gasteiger partial charge is 0.225 e. The second-order valence-corrected chi connectivity index (χ2v) is 3.54. The Labute approximate surface area is 82.5 Å². The van der Waals surface area contributed by atoms with E-state index >= 15 is 0 Å². The van der Waals surface area contributed by atoms with Gasteiger partial charge in [-0.1, -0.05) is 6.07 Å². The molecule has 2 atom stereocenters. The van der Waals surface area contributed by atoms with Gasteiger partial charge in [0.2, 0.25) is 5.91 Å². The lowest BCUT2D eigenvalue weighted by Crippen LogP contribution is -2.27. The maximum absolute atomic E-state index is 11.4. The number of nitrogens with zero attached hydrogens (tertiary/aromatic N) is 1. The van der Waals surface area contributed by atoms with E-state index < -0.39 is 0 Å². The number of amides is 1. The molecular weight excluding hydrogens is 178 g/mol. The van der Waals surface area contributed by atoms with E-state index in [0.29, 0.717) is 6.54 Å². The fourth-order valence-electron chi connectivity index (χ4n) is 1.33. The first-order chi connectivity index (χ1) is 6.77. The molecule has 1 amide bonds. The Morgan fingerprint density at radius 1 is 1.64 bits per heavy atom. The van der Waals surface area contributed by atoms with Crippen LogP contribution < -0.4 is 11.1 Å². The van der Waals surface area contributed by atoms with Gasteiger partial charge in [-0.25, -0.2) is 0 Å². The largest absolute Gasteiger partial charge is 0.350 e. The van der Waals surface area contributed by atoms with E-state index in [-0.39, 0.29) is 17.9 Å². The van der Waals surface area contributed by atoms with Gasteiger partial charge in [0, 0.05) is 12.2 Å². The highest BCUT2D eigenvalue weighted by molar-refractivity contribution is 5.82. The first-order valence-corrected chi connectivity index (χ1v) is 4.70. The summed E-state index contributed by atoms with van der Waals surface area (Å²) in [6.45, 7) is 0.489. The van der Waals surface area contributed by atoms with E-state index in [2.05, 4.69) is 10.3 Å². The number of carbonyl (C=O) groups excluding carboxylic acids is 1. The minimum Gasteiger partial charge on any atom is -0.350 e. The van der Waals surface area contributed by atoms with Gasteiger partial charge in [-0.2, -0.15) is 0 Å². The van der Waals surface area contributed by atoms with Gasteiger partial charge in [-0.3, -0.25) is 9.78 Å². The Balaban J connectivity index is 1.80. The van der Waals surface area contributed by atoms with Crippen molar-refractivity contribution in [3.63, 3.8) is 0 Å². The van der Waals surface area contributed by atoms with Crippen LogP contribution in [0.15, 0.2) is 24.4 Å². The quantitative estimate of drug-likeness (QED) is 0.709. The Kier molecular flexibility index (Phi) is 2.45. The number of rotatable bonds is 3. The summed E-state index contributed by atoms with van der Waals surface area (Å²) in [5, 5.41) is 2.81. The van der Waals surface area contributed by atoms with Crippen LogP contribution in [0.25, 0.3) is 0 Å². The van der Waals surface area contributed by atoms with Crippen molar-refractivity contribution in [2.45, 2.75) is 19.0 Å². The number of aromatic nitrogens is 1. The van der Waals surface area contributed by atoms with Crippen molar-refractivity contribution in [2.24, 2.45) is 11.7 Å². The third-order valence-electron chi connectivity index (χ3n) is 2.35. The molecule has 1 saturated carbocycles. The van der Waals surface area contributed by atoms with E-state index in [9.17, 15) is 4.79 Å². The highest BCUT2D eigenvalue weighted by Gasteiger charge is 2.39. The summed E-state index contributed by atoms with van der Waals surface area (Å²) < 4.78 is 0. The van der Waals surface area contributed by atoms with Crippen molar-refractivity contribution >= 4 is 5.91 Å². The zero-order chi connectivity index (χ0) is 9.97. The fourth-order valence-corrected chi connectivity index (χ4v) is 1.33. The highest BCUT2D eigenvalue weighted by Crippen LogP contribution is 2.27. The lowest BCUT2D eigenvalue weighted by molar-refractivity contribution is -0.122. The van der Waals surface area contributed by atoms with Gasteiger partial charge in [0.1, 0.15) is 0 Å². The van der Waals surface area contributed by atoms with Gasteiger partial charge in [0.25, 0.3) is 0 Å². The summed E-state index contributed by atoms with van der Waals surface area (Å²) >= 11 is 0. The summed E-state index contributed by atoms with van der Waals surface area (Å²) in [5.41, 5.74) is 6.43. The molecule has 0 bridgehead atoms. The van der Waals surface area contributed by atoms with Crippen LogP contribution in [0.3, 0.4) is 0 Å². The summed E-state index contributed by atoms with van der Waals surface area (Å²) in [6.07, 6.45) is 2.53. The average molecular weight is 191 g/mol. The van der Waals surface area contributed by atoms with E-state index in [1.807, 2.05) is 18.2 Å². The molecule has 4 heteroatoms. The number of nitrogens with two attached hydrogens (primary N) is 1. The molecule has 3 N–H and O–H groups in total. The molecule has 1 aliphatic carbocycles. The third kappa shape index (κ3) is 2.09. The topological polar surface area (TPSA) is 68.0 Å². The van der Waals surface area contributed by atoms with E-state index in [0.717, 1.165) is 12.1 Å². The molecule has 0 saturated heterocycles. The Bertz CT molecular complexity index is 325. The van der Waals surface area contributed by atoms with Crippen LogP contribution in [0.1, 0.15) is 12.1 Å². The minimum absolute atomic E-state index is 0.0266. The lowest BCUT2D eigenvalue weighted by Gasteiger charge is -2.02. The molecule has 14 heavy (non-hydrogen) atoms. The molecule has 74 valence electrons. The van der Waals surface area contributed by atoms with Gasteiger partial charge < -0.3 is 11.1 Å². The predicted molar refractivity (Wildman–Crippen MR) is 52.2 cm³/mol. The van der Waals surface area contributed by atoms with Crippen LogP contribution in [0.4, 0.5) is 0 Å². The number of nitrogens with one attached hydrogen (secondary N) is 1. The SMILES string of the molecule is NC1CC1C(=O)NCc1ccccn1. The number of pyridine rings is 1. The van der Waals surface area contributed by atoms with E-state index in [1.54, 1.807) is 6.20 Å². The minimum atomic E-state index is 0.0266. The molecule has 0 aromatic carbocycles. The normalized spacial score (nSPS) is 24.4. The van der Waals surface area contributed by atoms with Gasteiger partial charge in [0.15, 0.2) is 0 Å². The van der Waals surface area contributed by atoms with Crippen LogP contribution in [-0.2, 0) is 11.3 Å². The molecule has 2 unspecified atom stereocenters. The summed E-state index contributed by atoms with van der Waals surface area (Å²) in [7, 11) is 0. The summed E-state index contributed by atoms with van der Waals surface area (Å²) in [5.74, 6) is 0.0712. The summed E-state index contributed by atoms with van der Waals surface area (Å²) in [6, 6.07) is 5.70. The van der Waals surface area contributed by atoms with Crippen molar-refractivity contribution in [2.75, 3.05) is 0 Å². The zero-order valence-electron chi connectivity index (χ0n) is 7.81. The van der Waals surface area contributed by atoms with E-state index in [1.165, 1.54) is 0 Å².